The summed E-state index contributed by atoms with van der Waals surface area (Å²) in [6, 6.07) is 8.41. The summed E-state index contributed by atoms with van der Waals surface area (Å²) in [5, 5.41) is 3.01. The first-order valence-corrected chi connectivity index (χ1v) is 8.27. The van der Waals surface area contributed by atoms with Gasteiger partial charge in [-0.2, -0.15) is 0 Å². The number of rotatable bonds is 4. The second-order valence-electron chi connectivity index (χ2n) is 7.12. The molecule has 0 aliphatic carbocycles. The molecule has 2 rings (SSSR count). The van der Waals surface area contributed by atoms with Crippen LogP contribution in [0.5, 0.6) is 0 Å². The molecular weight excluding hydrogens is 288 g/mol. The third-order valence-corrected chi connectivity index (χ3v) is 4.35. The molecule has 0 saturated carbocycles. The number of hydrogen-bond acceptors (Lipinski definition) is 3. The average molecular weight is 316 g/mol. The lowest BCUT2D eigenvalue weighted by molar-refractivity contribution is -0.117. The van der Waals surface area contributed by atoms with Gasteiger partial charge in [0.1, 0.15) is 0 Å². The minimum absolute atomic E-state index is 0.0512. The molecule has 1 aromatic rings. The Balaban J connectivity index is 1.91. The van der Waals surface area contributed by atoms with Crippen molar-refractivity contribution in [3.63, 3.8) is 0 Å². The summed E-state index contributed by atoms with van der Waals surface area (Å²) < 4.78 is 5.37. The van der Waals surface area contributed by atoms with Crippen molar-refractivity contribution in [3.8, 4) is 0 Å². The van der Waals surface area contributed by atoms with Crippen LogP contribution < -0.4 is 10.2 Å². The number of hydrogen-bond donors (Lipinski definition) is 1. The van der Waals surface area contributed by atoms with Crippen molar-refractivity contribution in [1.82, 2.24) is 5.32 Å². The van der Waals surface area contributed by atoms with Gasteiger partial charge in [0.2, 0.25) is 5.91 Å². The summed E-state index contributed by atoms with van der Waals surface area (Å²) in [7, 11) is 0. The lowest BCUT2D eigenvalue weighted by Crippen LogP contribution is -2.40. The molecule has 1 heterocycles. The van der Waals surface area contributed by atoms with Crippen LogP contribution >= 0.6 is 0 Å². The molecule has 1 unspecified atom stereocenters. The molecule has 23 heavy (non-hydrogen) atoms. The van der Waals surface area contributed by atoms with Gasteiger partial charge in [0.25, 0.3) is 0 Å². The molecule has 0 bridgehead atoms. The molecule has 1 aromatic carbocycles. The van der Waals surface area contributed by atoms with Gasteiger partial charge >= 0.3 is 0 Å². The molecule has 1 aliphatic rings. The van der Waals surface area contributed by atoms with Crippen molar-refractivity contribution in [1.29, 1.82) is 0 Å². The zero-order chi connectivity index (χ0) is 16.9. The second kappa shape index (κ2) is 7.64. The number of benzene rings is 1. The van der Waals surface area contributed by atoms with E-state index >= 15 is 0 Å². The Morgan fingerprint density at radius 1 is 1.22 bits per heavy atom. The van der Waals surface area contributed by atoms with E-state index in [0.29, 0.717) is 0 Å². The van der Waals surface area contributed by atoms with Gasteiger partial charge in [-0.15, -0.1) is 0 Å². The molecule has 1 fully saturated rings. The van der Waals surface area contributed by atoms with Gasteiger partial charge in [0.15, 0.2) is 0 Å². The molecule has 126 valence electrons. The number of amides is 1. The predicted molar refractivity (Wildman–Crippen MR) is 95.6 cm³/mol. The third-order valence-electron chi connectivity index (χ3n) is 4.35. The first-order chi connectivity index (χ1) is 10.9. The van der Waals surface area contributed by atoms with E-state index in [1.165, 1.54) is 5.69 Å². The van der Waals surface area contributed by atoms with E-state index in [0.717, 1.165) is 31.9 Å². The van der Waals surface area contributed by atoms with Crippen LogP contribution in [0.25, 0.3) is 6.08 Å². The maximum atomic E-state index is 12.0. The number of nitrogens with one attached hydrogen (secondary N) is 1. The van der Waals surface area contributed by atoms with Gasteiger partial charge in [-0.25, -0.2) is 0 Å². The minimum Gasteiger partial charge on any atom is -0.378 e. The second-order valence-corrected chi connectivity index (χ2v) is 7.12. The van der Waals surface area contributed by atoms with Crippen molar-refractivity contribution in [2.45, 2.75) is 33.7 Å². The Morgan fingerprint density at radius 3 is 2.39 bits per heavy atom. The quantitative estimate of drug-likeness (QED) is 0.868. The van der Waals surface area contributed by atoms with E-state index < -0.39 is 0 Å². The summed E-state index contributed by atoms with van der Waals surface area (Å²) >= 11 is 0. The number of anilines is 1. The largest absolute Gasteiger partial charge is 0.378 e. The fourth-order valence-electron chi connectivity index (χ4n) is 2.27. The number of carbonyl (C=O) groups is 1. The summed E-state index contributed by atoms with van der Waals surface area (Å²) in [6.07, 6.45) is 3.46. The zero-order valence-corrected chi connectivity index (χ0v) is 14.6. The van der Waals surface area contributed by atoms with E-state index in [9.17, 15) is 4.79 Å². The van der Waals surface area contributed by atoms with Crippen LogP contribution in [-0.4, -0.2) is 38.3 Å². The fraction of sp³-hybridized carbons (Fsp3) is 0.526. The van der Waals surface area contributed by atoms with Crippen LogP contribution in [0, 0.1) is 5.41 Å². The van der Waals surface area contributed by atoms with Gasteiger partial charge < -0.3 is 15.0 Å². The monoisotopic (exact) mass is 316 g/mol. The molecule has 4 heteroatoms. The highest BCUT2D eigenvalue weighted by molar-refractivity contribution is 5.92. The smallest absolute Gasteiger partial charge is 0.244 e. The molecule has 0 aromatic heterocycles. The van der Waals surface area contributed by atoms with Crippen molar-refractivity contribution in [2.75, 3.05) is 31.2 Å². The van der Waals surface area contributed by atoms with E-state index in [-0.39, 0.29) is 17.4 Å². The van der Waals surface area contributed by atoms with Crippen LogP contribution in [0.15, 0.2) is 30.3 Å². The number of nitrogens with zero attached hydrogens (tertiary/aromatic N) is 1. The zero-order valence-electron chi connectivity index (χ0n) is 14.6. The fourth-order valence-corrected chi connectivity index (χ4v) is 2.27. The maximum absolute atomic E-state index is 12.0. The Labute approximate surface area is 139 Å². The van der Waals surface area contributed by atoms with E-state index in [1.54, 1.807) is 6.08 Å². The van der Waals surface area contributed by atoms with Gasteiger partial charge in [0, 0.05) is 30.9 Å². The molecule has 0 spiro atoms. The van der Waals surface area contributed by atoms with Crippen molar-refractivity contribution >= 4 is 17.7 Å². The van der Waals surface area contributed by atoms with Gasteiger partial charge in [-0.3, -0.25) is 4.79 Å². The van der Waals surface area contributed by atoms with Gasteiger partial charge in [-0.1, -0.05) is 32.9 Å². The molecule has 1 saturated heterocycles. The topological polar surface area (TPSA) is 41.6 Å². The Bertz CT molecular complexity index is 537. The highest BCUT2D eigenvalue weighted by atomic mass is 16.5. The number of morpholine rings is 1. The van der Waals surface area contributed by atoms with Crippen molar-refractivity contribution < 1.29 is 9.53 Å². The third kappa shape index (κ3) is 5.39. The SMILES string of the molecule is CC(NC(=O)/C=C/c1ccc(N2CCOCC2)cc1)C(C)(C)C. The Hall–Kier alpha value is -1.81. The highest BCUT2D eigenvalue weighted by Gasteiger charge is 2.20. The summed E-state index contributed by atoms with van der Waals surface area (Å²) in [5.74, 6) is -0.0512. The summed E-state index contributed by atoms with van der Waals surface area (Å²) in [6.45, 7) is 11.8. The number of carbonyl (C=O) groups excluding carboxylic acids is 1. The van der Waals surface area contributed by atoms with Crippen LogP contribution in [0.2, 0.25) is 0 Å². The maximum Gasteiger partial charge on any atom is 0.244 e. The van der Waals surface area contributed by atoms with E-state index in [4.69, 9.17) is 4.74 Å². The first-order valence-electron chi connectivity index (χ1n) is 8.27. The number of ether oxygens (including phenoxy) is 1. The van der Waals surface area contributed by atoms with E-state index in [1.807, 2.05) is 25.1 Å². The average Bonchev–Trinajstić information content (AvgIpc) is 2.53. The lowest BCUT2D eigenvalue weighted by atomic mass is 9.88. The summed E-state index contributed by atoms with van der Waals surface area (Å²) in [5.41, 5.74) is 2.29. The molecule has 1 amide bonds. The van der Waals surface area contributed by atoms with Crippen LogP contribution in [0.1, 0.15) is 33.3 Å². The molecule has 1 aliphatic heterocycles. The normalized spacial score (nSPS) is 17.3. The van der Waals surface area contributed by atoms with Crippen molar-refractivity contribution in [3.05, 3.63) is 35.9 Å². The predicted octanol–water partition coefficient (Wildman–Crippen LogP) is 3.09. The van der Waals surface area contributed by atoms with E-state index in [2.05, 4.69) is 43.1 Å². The van der Waals surface area contributed by atoms with Crippen LogP contribution in [0.4, 0.5) is 5.69 Å². The van der Waals surface area contributed by atoms with Gasteiger partial charge in [-0.05, 0) is 36.1 Å². The molecule has 4 nitrogen and oxygen atoms in total. The molecular formula is C19H28N2O2. The molecule has 1 atom stereocenters. The van der Waals surface area contributed by atoms with Gasteiger partial charge in [0.05, 0.1) is 13.2 Å². The highest BCUT2D eigenvalue weighted by Crippen LogP contribution is 2.19. The Kier molecular flexibility index (Phi) is 5.83. The van der Waals surface area contributed by atoms with Crippen LogP contribution in [0.3, 0.4) is 0 Å². The van der Waals surface area contributed by atoms with Crippen molar-refractivity contribution in [2.24, 2.45) is 5.41 Å². The molecule has 0 radical (unpaired) electrons. The minimum atomic E-state index is -0.0512. The molecule has 1 N–H and O–H groups in total. The van der Waals surface area contributed by atoms with Crippen LogP contribution in [-0.2, 0) is 9.53 Å². The first kappa shape index (κ1) is 17.5. The Morgan fingerprint density at radius 2 is 1.83 bits per heavy atom. The standard InChI is InChI=1S/C19H28N2O2/c1-15(19(2,3)4)20-18(22)10-7-16-5-8-17(9-6-16)21-11-13-23-14-12-21/h5-10,15H,11-14H2,1-4H3,(H,20,22)/b10-7+. The summed E-state index contributed by atoms with van der Waals surface area (Å²) in [4.78, 5) is 14.3. The lowest BCUT2D eigenvalue weighted by Gasteiger charge is -2.28.